The van der Waals surface area contributed by atoms with Gasteiger partial charge in [0.15, 0.2) is 5.76 Å². The standard InChI is InChI=1S/C20H18N2O3S/c1-4-24-14-6-8-17-15(10-14)11(2)19(25-17)20(23)22-13-5-7-16-18(9-13)26-12(3)21-16/h5-10H,4H2,1-3H3,(H,22,23). The molecule has 4 rings (SSSR count). The predicted molar refractivity (Wildman–Crippen MR) is 104 cm³/mol. The Hall–Kier alpha value is -2.86. The van der Waals surface area contributed by atoms with E-state index in [4.69, 9.17) is 9.15 Å². The van der Waals surface area contributed by atoms with Crippen molar-refractivity contribution in [3.63, 3.8) is 0 Å². The van der Waals surface area contributed by atoms with E-state index in [1.54, 1.807) is 11.3 Å². The molecule has 0 radical (unpaired) electrons. The molecule has 0 unspecified atom stereocenters. The minimum Gasteiger partial charge on any atom is -0.494 e. The third-order valence-corrected chi connectivity index (χ3v) is 5.11. The number of carbonyl (C=O) groups is 1. The van der Waals surface area contributed by atoms with Crippen molar-refractivity contribution in [1.29, 1.82) is 0 Å². The second-order valence-electron chi connectivity index (χ2n) is 6.02. The van der Waals surface area contributed by atoms with Gasteiger partial charge < -0.3 is 14.5 Å². The van der Waals surface area contributed by atoms with Gasteiger partial charge >= 0.3 is 0 Å². The zero-order chi connectivity index (χ0) is 18.3. The van der Waals surface area contributed by atoms with Crippen LogP contribution >= 0.6 is 11.3 Å². The molecule has 0 atom stereocenters. The first-order chi connectivity index (χ1) is 12.5. The molecule has 4 aromatic rings. The van der Waals surface area contributed by atoms with Gasteiger partial charge in [0, 0.05) is 16.6 Å². The number of aryl methyl sites for hydroxylation is 2. The molecule has 0 saturated heterocycles. The van der Waals surface area contributed by atoms with Gasteiger partial charge in [-0.25, -0.2) is 4.98 Å². The van der Waals surface area contributed by atoms with Crippen molar-refractivity contribution in [3.8, 4) is 5.75 Å². The molecular weight excluding hydrogens is 348 g/mol. The zero-order valence-electron chi connectivity index (χ0n) is 14.8. The monoisotopic (exact) mass is 366 g/mol. The number of furan rings is 1. The van der Waals surface area contributed by atoms with E-state index < -0.39 is 0 Å². The number of anilines is 1. The lowest BCUT2D eigenvalue weighted by atomic mass is 10.1. The number of thiazole rings is 1. The van der Waals surface area contributed by atoms with Crippen molar-refractivity contribution in [2.24, 2.45) is 0 Å². The van der Waals surface area contributed by atoms with Gasteiger partial charge in [0.1, 0.15) is 11.3 Å². The summed E-state index contributed by atoms with van der Waals surface area (Å²) in [5, 5.41) is 4.80. The molecule has 0 bridgehead atoms. The highest BCUT2D eigenvalue weighted by atomic mass is 32.1. The number of hydrogen-bond donors (Lipinski definition) is 1. The average molecular weight is 366 g/mol. The SMILES string of the molecule is CCOc1ccc2oc(C(=O)Nc3ccc4nc(C)sc4c3)c(C)c2c1. The van der Waals surface area contributed by atoms with E-state index >= 15 is 0 Å². The predicted octanol–water partition coefficient (Wildman–Crippen LogP) is 5.31. The van der Waals surface area contributed by atoms with Crippen LogP contribution in [0.15, 0.2) is 40.8 Å². The van der Waals surface area contributed by atoms with Crippen LogP contribution in [0.4, 0.5) is 5.69 Å². The van der Waals surface area contributed by atoms with Crippen LogP contribution < -0.4 is 10.1 Å². The Morgan fingerprint density at radius 3 is 2.88 bits per heavy atom. The summed E-state index contributed by atoms with van der Waals surface area (Å²) in [4.78, 5) is 17.1. The zero-order valence-corrected chi connectivity index (χ0v) is 15.6. The molecule has 2 aromatic carbocycles. The number of hydrogen-bond acceptors (Lipinski definition) is 5. The smallest absolute Gasteiger partial charge is 0.291 e. The van der Waals surface area contributed by atoms with Crippen LogP contribution in [0.2, 0.25) is 0 Å². The second kappa shape index (κ2) is 6.46. The van der Waals surface area contributed by atoms with Gasteiger partial charge in [0.25, 0.3) is 5.91 Å². The van der Waals surface area contributed by atoms with Crippen LogP contribution in [0, 0.1) is 13.8 Å². The molecule has 0 fully saturated rings. The summed E-state index contributed by atoms with van der Waals surface area (Å²) >= 11 is 1.60. The topological polar surface area (TPSA) is 64.4 Å². The number of carbonyl (C=O) groups excluding carboxylic acids is 1. The second-order valence-corrected chi connectivity index (χ2v) is 7.25. The third-order valence-electron chi connectivity index (χ3n) is 4.18. The van der Waals surface area contributed by atoms with Crippen LogP contribution in [-0.4, -0.2) is 17.5 Å². The van der Waals surface area contributed by atoms with Crippen molar-refractivity contribution in [2.45, 2.75) is 20.8 Å². The van der Waals surface area contributed by atoms with E-state index in [1.807, 2.05) is 57.2 Å². The van der Waals surface area contributed by atoms with Crippen LogP contribution in [0.1, 0.15) is 28.0 Å². The highest BCUT2D eigenvalue weighted by Gasteiger charge is 2.18. The van der Waals surface area contributed by atoms with E-state index in [1.165, 1.54) is 0 Å². The van der Waals surface area contributed by atoms with Gasteiger partial charge in [-0.15, -0.1) is 11.3 Å². The number of ether oxygens (including phenoxy) is 1. The Bertz CT molecular complexity index is 1130. The van der Waals surface area contributed by atoms with E-state index in [0.29, 0.717) is 18.0 Å². The molecule has 5 nitrogen and oxygen atoms in total. The summed E-state index contributed by atoms with van der Waals surface area (Å²) in [5.74, 6) is 0.813. The van der Waals surface area contributed by atoms with Gasteiger partial charge in [0.05, 0.1) is 21.8 Å². The maximum Gasteiger partial charge on any atom is 0.291 e. The number of benzene rings is 2. The summed E-state index contributed by atoms with van der Waals surface area (Å²) < 4.78 is 12.4. The van der Waals surface area contributed by atoms with Crippen molar-refractivity contribution >= 4 is 44.1 Å². The van der Waals surface area contributed by atoms with E-state index in [0.717, 1.165) is 37.6 Å². The first kappa shape index (κ1) is 16.6. The molecule has 2 aromatic heterocycles. The first-order valence-electron chi connectivity index (χ1n) is 8.39. The molecule has 1 amide bonds. The van der Waals surface area contributed by atoms with Crippen molar-refractivity contribution in [1.82, 2.24) is 4.98 Å². The lowest BCUT2D eigenvalue weighted by molar-refractivity contribution is 0.0998. The summed E-state index contributed by atoms with van der Waals surface area (Å²) in [6.45, 7) is 6.38. The molecule has 0 saturated carbocycles. The Balaban J connectivity index is 1.65. The van der Waals surface area contributed by atoms with Gasteiger partial charge in [0.2, 0.25) is 0 Å². The molecule has 132 valence electrons. The highest BCUT2D eigenvalue weighted by molar-refractivity contribution is 7.18. The summed E-state index contributed by atoms with van der Waals surface area (Å²) in [6, 6.07) is 11.3. The first-order valence-corrected chi connectivity index (χ1v) is 9.21. The fourth-order valence-corrected chi connectivity index (χ4v) is 3.84. The Morgan fingerprint density at radius 1 is 1.23 bits per heavy atom. The van der Waals surface area contributed by atoms with E-state index in [9.17, 15) is 4.79 Å². The number of fused-ring (bicyclic) bond motifs is 2. The largest absolute Gasteiger partial charge is 0.494 e. The quantitative estimate of drug-likeness (QED) is 0.531. The highest BCUT2D eigenvalue weighted by Crippen LogP contribution is 2.30. The lowest BCUT2D eigenvalue weighted by Crippen LogP contribution is -2.11. The van der Waals surface area contributed by atoms with Crippen LogP contribution in [0.25, 0.3) is 21.2 Å². The summed E-state index contributed by atoms with van der Waals surface area (Å²) in [6.07, 6.45) is 0. The fraction of sp³-hybridized carbons (Fsp3) is 0.200. The molecule has 0 aliphatic rings. The molecule has 0 aliphatic heterocycles. The normalized spacial score (nSPS) is 11.2. The third kappa shape index (κ3) is 2.93. The summed E-state index contributed by atoms with van der Waals surface area (Å²) in [7, 11) is 0. The van der Waals surface area contributed by atoms with E-state index in [2.05, 4.69) is 10.3 Å². The minimum atomic E-state index is -0.266. The number of rotatable bonds is 4. The van der Waals surface area contributed by atoms with Gasteiger partial charge in [-0.1, -0.05) is 0 Å². The van der Waals surface area contributed by atoms with Gasteiger partial charge in [-0.2, -0.15) is 0 Å². The van der Waals surface area contributed by atoms with Crippen molar-refractivity contribution < 1.29 is 13.9 Å². The lowest BCUT2D eigenvalue weighted by Gasteiger charge is -2.03. The van der Waals surface area contributed by atoms with Gasteiger partial charge in [-0.05, 0) is 57.2 Å². The molecule has 2 heterocycles. The molecule has 26 heavy (non-hydrogen) atoms. The Labute approximate surface area is 154 Å². The molecule has 0 spiro atoms. The maximum absolute atomic E-state index is 12.7. The van der Waals surface area contributed by atoms with Crippen LogP contribution in [0.5, 0.6) is 5.75 Å². The maximum atomic E-state index is 12.7. The minimum absolute atomic E-state index is 0.266. The number of nitrogens with one attached hydrogen (secondary N) is 1. The molecule has 1 N–H and O–H groups in total. The fourth-order valence-electron chi connectivity index (χ4n) is 2.98. The van der Waals surface area contributed by atoms with Crippen molar-refractivity contribution in [2.75, 3.05) is 11.9 Å². The van der Waals surface area contributed by atoms with Crippen LogP contribution in [-0.2, 0) is 0 Å². The Morgan fingerprint density at radius 2 is 2.08 bits per heavy atom. The molecular formula is C20H18N2O3S. The molecule has 6 heteroatoms. The van der Waals surface area contributed by atoms with Gasteiger partial charge in [-0.3, -0.25) is 4.79 Å². The number of aromatic nitrogens is 1. The summed E-state index contributed by atoms with van der Waals surface area (Å²) in [5.41, 5.74) is 3.13. The average Bonchev–Trinajstić information content (AvgIpc) is 3.14. The Kier molecular flexibility index (Phi) is 4.12. The number of amides is 1. The van der Waals surface area contributed by atoms with Crippen molar-refractivity contribution in [3.05, 3.63) is 52.7 Å². The van der Waals surface area contributed by atoms with E-state index in [-0.39, 0.29) is 5.91 Å². The molecule has 0 aliphatic carbocycles. The number of nitrogens with zero attached hydrogens (tertiary/aromatic N) is 1. The van der Waals surface area contributed by atoms with Crippen LogP contribution in [0.3, 0.4) is 0 Å².